The molecule has 0 spiro atoms. The van der Waals surface area contributed by atoms with Gasteiger partial charge in [0.25, 0.3) is 5.91 Å². The van der Waals surface area contributed by atoms with Crippen LogP contribution in [0.3, 0.4) is 0 Å². The molecule has 0 aliphatic heterocycles. The highest BCUT2D eigenvalue weighted by Gasteiger charge is 2.34. The summed E-state index contributed by atoms with van der Waals surface area (Å²) in [4.78, 5) is 15.6. The maximum atomic E-state index is 13.5. The molecule has 2 rings (SSSR count). The summed E-state index contributed by atoms with van der Waals surface area (Å²) >= 11 is 1.25. The van der Waals surface area contributed by atoms with Crippen LogP contribution in [0.4, 0.5) is 8.78 Å². The Hall–Kier alpha value is -1.76. The largest absolute Gasteiger partial charge is 0.354 e. The van der Waals surface area contributed by atoms with Crippen molar-refractivity contribution in [2.24, 2.45) is 0 Å². The fraction of sp³-hybridized carbons (Fsp3) is 0.529. The van der Waals surface area contributed by atoms with Gasteiger partial charge in [-0.2, -0.15) is 8.78 Å². The molecule has 0 saturated heterocycles. The number of carbonyl (C=O) groups excluding carboxylic acids is 1. The van der Waals surface area contributed by atoms with Gasteiger partial charge in [0.1, 0.15) is 5.69 Å². The lowest BCUT2D eigenvalue weighted by Gasteiger charge is -2.19. The lowest BCUT2D eigenvalue weighted by Crippen LogP contribution is -2.31. The number of amides is 1. The zero-order valence-electron chi connectivity index (χ0n) is 14.4. The van der Waals surface area contributed by atoms with E-state index < -0.39 is 11.7 Å². The van der Waals surface area contributed by atoms with Gasteiger partial charge in [0.2, 0.25) is 5.76 Å². The molecule has 2 aromatic heterocycles. The van der Waals surface area contributed by atoms with Crippen molar-refractivity contribution >= 4 is 17.2 Å². The minimum absolute atomic E-state index is 0.0376. The van der Waals surface area contributed by atoms with Gasteiger partial charge in [-0.15, -0.1) is 11.3 Å². The van der Waals surface area contributed by atoms with E-state index in [-0.39, 0.29) is 5.91 Å². The predicted molar refractivity (Wildman–Crippen MR) is 90.6 cm³/mol. The lowest BCUT2D eigenvalue weighted by atomic mass is 10.1. The van der Waals surface area contributed by atoms with E-state index in [1.54, 1.807) is 24.0 Å². The Bertz CT molecular complexity index is 704. The maximum Gasteiger partial charge on any atom is 0.304 e. The maximum absolute atomic E-state index is 13.5. The summed E-state index contributed by atoms with van der Waals surface area (Å²) in [6.07, 6.45) is 1.97. The summed E-state index contributed by atoms with van der Waals surface area (Å²) in [6, 6.07) is 3.45. The Balaban J connectivity index is 2.25. The van der Waals surface area contributed by atoms with Crippen molar-refractivity contribution in [2.45, 2.75) is 46.5 Å². The monoisotopic (exact) mass is 356 g/mol. The summed E-state index contributed by atoms with van der Waals surface area (Å²) in [5.74, 6) is -3.55. The molecule has 7 heteroatoms. The molecule has 2 heterocycles. The van der Waals surface area contributed by atoms with E-state index in [1.165, 1.54) is 11.3 Å². The van der Waals surface area contributed by atoms with E-state index in [2.05, 4.69) is 12.1 Å². The van der Waals surface area contributed by atoms with Gasteiger partial charge in [-0.3, -0.25) is 4.79 Å². The van der Waals surface area contributed by atoms with Gasteiger partial charge in [0.05, 0.1) is 9.75 Å². The second kappa shape index (κ2) is 7.42. The molecule has 0 aliphatic rings. The molecular formula is C17H22F2N2O2S. The zero-order valence-corrected chi connectivity index (χ0v) is 15.2. The van der Waals surface area contributed by atoms with Crippen molar-refractivity contribution in [1.82, 2.24) is 10.1 Å². The minimum Gasteiger partial charge on any atom is -0.354 e. The summed E-state index contributed by atoms with van der Waals surface area (Å²) in [5, 5.41) is 3.77. The number of hydrogen-bond donors (Lipinski definition) is 0. The van der Waals surface area contributed by atoms with Gasteiger partial charge in [-0.25, -0.2) is 0 Å². The first-order chi connectivity index (χ1) is 11.3. The number of halogens is 2. The molecule has 24 heavy (non-hydrogen) atoms. The number of nitrogens with zero attached hydrogens (tertiary/aromatic N) is 2. The van der Waals surface area contributed by atoms with E-state index in [9.17, 15) is 13.6 Å². The Morgan fingerprint density at radius 3 is 2.62 bits per heavy atom. The van der Waals surface area contributed by atoms with Crippen LogP contribution in [0, 0.1) is 6.92 Å². The average molecular weight is 356 g/mol. The van der Waals surface area contributed by atoms with Crippen LogP contribution in [-0.2, 0) is 5.92 Å². The predicted octanol–water partition coefficient (Wildman–Crippen LogP) is 5.09. The van der Waals surface area contributed by atoms with Crippen LogP contribution in [-0.4, -0.2) is 29.1 Å². The third-order valence-corrected chi connectivity index (χ3v) is 4.90. The van der Waals surface area contributed by atoms with Crippen molar-refractivity contribution in [2.75, 3.05) is 13.1 Å². The third kappa shape index (κ3) is 3.83. The van der Waals surface area contributed by atoms with Crippen LogP contribution < -0.4 is 0 Å². The highest BCUT2D eigenvalue weighted by molar-refractivity contribution is 7.17. The smallest absolute Gasteiger partial charge is 0.304 e. The molecule has 0 saturated carbocycles. The van der Waals surface area contributed by atoms with Crippen LogP contribution in [0.2, 0.25) is 0 Å². The van der Waals surface area contributed by atoms with Gasteiger partial charge in [-0.05, 0) is 32.4 Å². The molecule has 0 N–H and O–H groups in total. The summed E-state index contributed by atoms with van der Waals surface area (Å²) in [7, 11) is 0. The first kappa shape index (κ1) is 18.6. The van der Waals surface area contributed by atoms with E-state index in [0.717, 1.165) is 19.8 Å². The molecule has 2 aromatic rings. The van der Waals surface area contributed by atoms with Crippen molar-refractivity contribution < 1.29 is 18.1 Å². The number of carbonyl (C=O) groups is 1. The Morgan fingerprint density at radius 1 is 1.38 bits per heavy atom. The van der Waals surface area contributed by atoms with Crippen molar-refractivity contribution in [1.29, 1.82) is 0 Å². The van der Waals surface area contributed by atoms with Crippen molar-refractivity contribution in [3.8, 4) is 10.6 Å². The molecule has 132 valence electrons. The Kier molecular flexibility index (Phi) is 5.74. The quantitative estimate of drug-likeness (QED) is 0.694. The summed E-state index contributed by atoms with van der Waals surface area (Å²) in [6.45, 7) is 7.71. The highest BCUT2D eigenvalue weighted by Crippen LogP contribution is 2.37. The molecule has 0 aromatic carbocycles. The fourth-order valence-electron chi connectivity index (χ4n) is 2.46. The molecule has 0 aliphatic carbocycles. The van der Waals surface area contributed by atoms with Gasteiger partial charge in [-0.1, -0.05) is 18.5 Å². The van der Waals surface area contributed by atoms with E-state index in [1.807, 2.05) is 6.92 Å². The first-order valence-electron chi connectivity index (χ1n) is 8.03. The molecular weight excluding hydrogens is 334 g/mol. The summed E-state index contributed by atoms with van der Waals surface area (Å²) in [5.41, 5.74) is 0.675. The molecule has 0 fully saturated rings. The molecule has 4 nitrogen and oxygen atoms in total. The second-order valence-corrected chi connectivity index (χ2v) is 6.86. The van der Waals surface area contributed by atoms with Crippen molar-refractivity contribution in [3.63, 3.8) is 0 Å². The highest BCUT2D eigenvalue weighted by atomic mass is 32.1. The topological polar surface area (TPSA) is 46.3 Å². The normalized spacial score (nSPS) is 11.8. The first-order valence-corrected chi connectivity index (χ1v) is 8.85. The van der Waals surface area contributed by atoms with E-state index >= 15 is 0 Å². The summed E-state index contributed by atoms with van der Waals surface area (Å²) < 4.78 is 31.7. The minimum atomic E-state index is -3.08. The van der Waals surface area contributed by atoms with Crippen LogP contribution in [0.1, 0.15) is 54.6 Å². The van der Waals surface area contributed by atoms with Gasteiger partial charge in [0, 0.05) is 25.6 Å². The molecule has 1 amide bonds. The van der Waals surface area contributed by atoms with E-state index in [4.69, 9.17) is 4.52 Å². The van der Waals surface area contributed by atoms with Gasteiger partial charge < -0.3 is 9.42 Å². The molecule has 0 radical (unpaired) electrons. The Labute approximate surface area is 144 Å². The molecule has 0 atom stereocenters. The Morgan fingerprint density at radius 2 is 2.08 bits per heavy atom. The number of rotatable bonds is 7. The number of alkyl halides is 2. The van der Waals surface area contributed by atoms with Crippen LogP contribution in [0.15, 0.2) is 16.7 Å². The molecule has 0 unspecified atom stereocenters. The molecule has 0 bridgehead atoms. The average Bonchev–Trinajstić information content (AvgIpc) is 3.13. The number of hydrogen-bond acceptors (Lipinski definition) is 4. The van der Waals surface area contributed by atoms with Crippen LogP contribution in [0.5, 0.6) is 0 Å². The number of thiophene rings is 1. The number of unbranched alkanes of at least 4 members (excludes halogenated alkanes) is 1. The fourth-order valence-corrected chi connectivity index (χ4v) is 3.48. The SMILES string of the molecule is CCCCN(CC)C(=O)c1ccc(-c2noc(C(C)(F)F)c2C)s1. The van der Waals surface area contributed by atoms with E-state index in [0.29, 0.717) is 34.1 Å². The zero-order chi connectivity index (χ0) is 17.9. The van der Waals surface area contributed by atoms with Gasteiger partial charge in [0.15, 0.2) is 0 Å². The van der Waals surface area contributed by atoms with Crippen molar-refractivity contribution in [3.05, 3.63) is 28.3 Å². The lowest BCUT2D eigenvalue weighted by molar-refractivity contribution is -0.0112. The number of aromatic nitrogens is 1. The third-order valence-electron chi connectivity index (χ3n) is 3.82. The standard InChI is InChI=1S/C17H22F2N2O2S/c1-5-7-10-21(6-2)16(22)13-9-8-12(24-13)14-11(3)15(23-20-14)17(4,18)19/h8-9H,5-7,10H2,1-4H3. The second-order valence-electron chi connectivity index (χ2n) is 5.78. The van der Waals surface area contributed by atoms with Crippen LogP contribution >= 0.6 is 11.3 Å². The van der Waals surface area contributed by atoms with Gasteiger partial charge >= 0.3 is 5.92 Å². The van der Waals surface area contributed by atoms with Crippen LogP contribution in [0.25, 0.3) is 10.6 Å².